The molecule has 158 valence electrons. The first-order valence-electron chi connectivity index (χ1n) is 8.22. The van der Waals surface area contributed by atoms with E-state index in [1.807, 2.05) is 31.2 Å². The zero-order valence-electron chi connectivity index (χ0n) is 15.9. The first-order valence-corrected chi connectivity index (χ1v) is 9.98. The SMILES string of the molecule is CCNC(=NCc1nc(C(F)(F)F)cs1)N(C)Cc1csc(C(C)OC)n1.I. The fraction of sp³-hybridized carbons (Fsp3) is 0.562. The van der Waals surface area contributed by atoms with Gasteiger partial charge >= 0.3 is 6.18 Å². The molecule has 0 radical (unpaired) electrons. The molecule has 0 fully saturated rings. The second-order valence-electron chi connectivity index (χ2n) is 5.71. The maximum absolute atomic E-state index is 12.6. The Morgan fingerprint density at radius 2 is 2.04 bits per heavy atom. The molecule has 0 amide bonds. The van der Waals surface area contributed by atoms with Crippen molar-refractivity contribution in [1.29, 1.82) is 0 Å². The molecule has 0 aliphatic carbocycles. The van der Waals surface area contributed by atoms with Gasteiger partial charge < -0.3 is 15.0 Å². The molecule has 6 nitrogen and oxygen atoms in total. The van der Waals surface area contributed by atoms with Crippen LogP contribution in [0.3, 0.4) is 0 Å². The van der Waals surface area contributed by atoms with E-state index in [0.29, 0.717) is 24.1 Å². The van der Waals surface area contributed by atoms with E-state index in [-0.39, 0.29) is 36.6 Å². The highest BCUT2D eigenvalue weighted by molar-refractivity contribution is 14.0. The Morgan fingerprint density at radius 3 is 2.61 bits per heavy atom. The van der Waals surface area contributed by atoms with E-state index >= 15 is 0 Å². The Bertz CT molecular complexity index is 766. The van der Waals surface area contributed by atoms with Crippen molar-refractivity contribution in [2.45, 2.75) is 39.2 Å². The monoisotopic (exact) mass is 549 g/mol. The largest absolute Gasteiger partial charge is 0.434 e. The molecule has 0 bridgehead atoms. The van der Waals surface area contributed by atoms with Gasteiger partial charge in [-0.3, -0.25) is 0 Å². The van der Waals surface area contributed by atoms with Crippen LogP contribution in [0.1, 0.15) is 41.4 Å². The van der Waals surface area contributed by atoms with Gasteiger partial charge in [0.1, 0.15) is 16.1 Å². The summed E-state index contributed by atoms with van der Waals surface area (Å²) in [5.41, 5.74) is -0.000991. The number of methoxy groups -OCH3 is 1. The summed E-state index contributed by atoms with van der Waals surface area (Å²) in [5, 5.41) is 7.31. The van der Waals surface area contributed by atoms with Gasteiger partial charge in [-0.1, -0.05) is 0 Å². The third kappa shape index (κ3) is 7.12. The van der Waals surface area contributed by atoms with E-state index in [4.69, 9.17) is 4.74 Å². The van der Waals surface area contributed by atoms with Crippen LogP contribution in [-0.4, -0.2) is 41.5 Å². The lowest BCUT2D eigenvalue weighted by Gasteiger charge is -2.21. The van der Waals surface area contributed by atoms with Crippen LogP contribution >= 0.6 is 46.7 Å². The smallest absolute Gasteiger partial charge is 0.375 e. The van der Waals surface area contributed by atoms with Gasteiger partial charge in [0.05, 0.1) is 18.8 Å². The summed E-state index contributed by atoms with van der Waals surface area (Å²) < 4.78 is 43.2. The third-order valence-electron chi connectivity index (χ3n) is 3.57. The quantitative estimate of drug-likeness (QED) is 0.312. The Hall–Kier alpha value is -0.990. The Morgan fingerprint density at radius 1 is 1.32 bits per heavy atom. The van der Waals surface area contributed by atoms with Crippen LogP contribution in [0.15, 0.2) is 15.8 Å². The number of halogens is 4. The molecule has 1 unspecified atom stereocenters. The Kier molecular flexibility index (Phi) is 10.1. The van der Waals surface area contributed by atoms with E-state index in [0.717, 1.165) is 27.4 Å². The van der Waals surface area contributed by atoms with E-state index in [9.17, 15) is 13.2 Å². The van der Waals surface area contributed by atoms with Gasteiger partial charge in [-0.25, -0.2) is 15.0 Å². The van der Waals surface area contributed by atoms with Crippen LogP contribution in [0.2, 0.25) is 0 Å². The molecule has 0 saturated heterocycles. The van der Waals surface area contributed by atoms with Gasteiger partial charge in [0, 0.05) is 31.5 Å². The van der Waals surface area contributed by atoms with Gasteiger partial charge in [-0.2, -0.15) is 13.2 Å². The van der Waals surface area contributed by atoms with Crippen LogP contribution in [0.4, 0.5) is 13.2 Å². The topological polar surface area (TPSA) is 62.6 Å². The number of thiazole rings is 2. The standard InChI is InChI=1S/C16H22F3N5OS2.HI/c1-5-20-15(21-6-13-23-12(9-26-13)16(17,18)19)24(3)7-11-8-27-14(22-11)10(2)25-4;/h8-10H,5-7H2,1-4H3,(H,20,21);1H. The average Bonchev–Trinajstić information content (AvgIpc) is 3.27. The summed E-state index contributed by atoms with van der Waals surface area (Å²) in [6.45, 7) is 5.09. The van der Waals surface area contributed by atoms with E-state index in [2.05, 4.69) is 20.3 Å². The normalized spacial score (nSPS) is 13.2. The number of nitrogens with zero attached hydrogens (tertiary/aromatic N) is 4. The lowest BCUT2D eigenvalue weighted by atomic mass is 10.4. The fourth-order valence-electron chi connectivity index (χ4n) is 2.13. The number of alkyl halides is 3. The van der Waals surface area contributed by atoms with E-state index < -0.39 is 11.9 Å². The average molecular weight is 549 g/mol. The molecule has 2 aromatic rings. The molecule has 12 heteroatoms. The predicted octanol–water partition coefficient (Wildman–Crippen LogP) is 4.54. The minimum atomic E-state index is -4.43. The lowest BCUT2D eigenvalue weighted by Crippen LogP contribution is -2.38. The van der Waals surface area contributed by atoms with E-state index in [1.54, 1.807) is 7.11 Å². The second kappa shape index (κ2) is 11.3. The molecular weight excluding hydrogens is 526 g/mol. The van der Waals surface area contributed by atoms with Crippen molar-refractivity contribution in [1.82, 2.24) is 20.2 Å². The molecule has 2 rings (SSSR count). The van der Waals surface area contributed by atoms with Crippen LogP contribution in [0.25, 0.3) is 0 Å². The van der Waals surface area contributed by atoms with Crippen molar-refractivity contribution in [3.8, 4) is 0 Å². The predicted molar refractivity (Wildman–Crippen MR) is 116 cm³/mol. The molecule has 2 aromatic heterocycles. The summed E-state index contributed by atoms with van der Waals surface area (Å²) in [4.78, 5) is 14.4. The number of hydrogen-bond acceptors (Lipinski definition) is 6. The van der Waals surface area contributed by atoms with Gasteiger partial charge in [0.15, 0.2) is 11.7 Å². The van der Waals surface area contributed by atoms with Gasteiger partial charge in [-0.05, 0) is 13.8 Å². The lowest BCUT2D eigenvalue weighted by molar-refractivity contribution is -0.140. The van der Waals surface area contributed by atoms with Gasteiger partial charge in [0.25, 0.3) is 0 Å². The molecule has 0 spiro atoms. The van der Waals surface area contributed by atoms with Crippen LogP contribution in [0, 0.1) is 0 Å². The summed E-state index contributed by atoms with van der Waals surface area (Å²) in [5.74, 6) is 0.579. The number of ether oxygens (including phenoxy) is 1. The fourth-order valence-corrected chi connectivity index (χ4v) is 3.69. The molecular formula is C16H23F3IN5OS2. The molecule has 1 N–H and O–H groups in total. The highest BCUT2D eigenvalue weighted by Gasteiger charge is 2.33. The number of aromatic nitrogens is 2. The van der Waals surface area contributed by atoms with Crippen molar-refractivity contribution >= 4 is 52.6 Å². The van der Waals surface area contributed by atoms with Crippen LogP contribution in [-0.2, 0) is 24.0 Å². The van der Waals surface area contributed by atoms with Crippen LogP contribution in [0.5, 0.6) is 0 Å². The maximum atomic E-state index is 12.6. The summed E-state index contributed by atoms with van der Waals surface area (Å²) in [6.07, 6.45) is -4.50. The van der Waals surface area contributed by atoms with Crippen molar-refractivity contribution in [3.05, 3.63) is 32.2 Å². The zero-order chi connectivity index (χ0) is 20.0. The third-order valence-corrected chi connectivity index (χ3v) is 5.46. The number of aliphatic imine (C=N–C) groups is 1. The summed E-state index contributed by atoms with van der Waals surface area (Å²) in [7, 11) is 3.49. The summed E-state index contributed by atoms with van der Waals surface area (Å²) >= 11 is 2.48. The van der Waals surface area contributed by atoms with Gasteiger partial charge in [0.2, 0.25) is 0 Å². The molecule has 0 aromatic carbocycles. The number of hydrogen-bond donors (Lipinski definition) is 1. The first kappa shape index (κ1) is 25.0. The number of guanidine groups is 1. The maximum Gasteiger partial charge on any atom is 0.434 e. The molecule has 2 heterocycles. The molecule has 0 aliphatic rings. The molecule has 28 heavy (non-hydrogen) atoms. The number of rotatable bonds is 7. The highest BCUT2D eigenvalue weighted by atomic mass is 127. The van der Waals surface area contributed by atoms with Crippen molar-refractivity contribution in [2.75, 3.05) is 20.7 Å². The summed E-state index contributed by atoms with van der Waals surface area (Å²) in [6, 6.07) is 0. The highest BCUT2D eigenvalue weighted by Crippen LogP contribution is 2.30. The molecule has 0 saturated carbocycles. The number of nitrogens with one attached hydrogen (secondary N) is 1. The van der Waals surface area contributed by atoms with Gasteiger partial charge in [-0.15, -0.1) is 46.7 Å². The van der Waals surface area contributed by atoms with Crippen LogP contribution < -0.4 is 5.32 Å². The minimum absolute atomic E-state index is 0. The first-order chi connectivity index (χ1) is 12.7. The minimum Gasteiger partial charge on any atom is -0.375 e. The zero-order valence-corrected chi connectivity index (χ0v) is 19.9. The second-order valence-corrected chi connectivity index (χ2v) is 7.54. The van der Waals surface area contributed by atoms with E-state index in [1.165, 1.54) is 11.3 Å². The Labute approximate surface area is 187 Å². The molecule has 0 aliphatic heterocycles. The van der Waals surface area contributed by atoms with Crippen molar-refractivity contribution in [2.24, 2.45) is 4.99 Å². The Balaban J connectivity index is 0.00000392. The molecule has 1 atom stereocenters. The van der Waals surface area contributed by atoms with Crippen molar-refractivity contribution in [3.63, 3.8) is 0 Å². The van der Waals surface area contributed by atoms with Crippen molar-refractivity contribution < 1.29 is 17.9 Å².